The average molecular weight is 370 g/mol. The molecule has 0 saturated heterocycles. The van der Waals surface area contributed by atoms with Crippen LogP contribution in [0.2, 0.25) is 5.02 Å². The predicted octanol–water partition coefficient (Wildman–Crippen LogP) is 4.57. The Kier molecular flexibility index (Phi) is 4.59. The number of nitro benzene ring substituents is 1. The van der Waals surface area contributed by atoms with Crippen molar-refractivity contribution in [2.75, 3.05) is 5.32 Å². The first-order valence-corrected chi connectivity index (χ1v) is 7.07. The van der Waals surface area contributed by atoms with E-state index in [1.807, 2.05) is 0 Å². The number of hydrogen-bond acceptors (Lipinski definition) is 3. The molecular formula is C14H10BrClN2O3. The molecule has 0 aliphatic rings. The van der Waals surface area contributed by atoms with Gasteiger partial charge in [-0.05, 0) is 52.7 Å². The van der Waals surface area contributed by atoms with Crippen LogP contribution in [0.15, 0.2) is 40.9 Å². The van der Waals surface area contributed by atoms with E-state index in [1.54, 1.807) is 25.1 Å². The zero-order chi connectivity index (χ0) is 15.6. The van der Waals surface area contributed by atoms with Crippen molar-refractivity contribution in [2.24, 2.45) is 0 Å². The smallest absolute Gasteiger partial charge is 0.269 e. The zero-order valence-electron chi connectivity index (χ0n) is 10.9. The maximum absolute atomic E-state index is 12.2. The van der Waals surface area contributed by atoms with Gasteiger partial charge in [-0.1, -0.05) is 11.6 Å². The molecule has 5 nitrogen and oxygen atoms in total. The quantitative estimate of drug-likeness (QED) is 0.636. The number of hydrogen-bond donors (Lipinski definition) is 1. The first-order chi connectivity index (χ1) is 9.88. The largest absolute Gasteiger partial charge is 0.321 e. The van der Waals surface area contributed by atoms with Gasteiger partial charge in [-0.15, -0.1) is 0 Å². The molecule has 2 aromatic rings. The Morgan fingerprint density at radius 2 is 2.00 bits per heavy atom. The molecule has 0 heterocycles. The van der Waals surface area contributed by atoms with E-state index >= 15 is 0 Å². The van der Waals surface area contributed by atoms with Gasteiger partial charge in [0, 0.05) is 27.2 Å². The predicted molar refractivity (Wildman–Crippen MR) is 84.9 cm³/mol. The first kappa shape index (κ1) is 15.5. The highest BCUT2D eigenvalue weighted by Gasteiger charge is 2.14. The number of nitrogens with zero attached hydrogens (tertiary/aromatic N) is 1. The summed E-state index contributed by atoms with van der Waals surface area (Å²) in [6.45, 7) is 1.65. The second-order valence-corrected chi connectivity index (χ2v) is 5.63. The van der Waals surface area contributed by atoms with Crippen LogP contribution in [0.4, 0.5) is 11.4 Å². The number of carbonyl (C=O) groups is 1. The van der Waals surface area contributed by atoms with E-state index in [0.29, 0.717) is 26.3 Å². The van der Waals surface area contributed by atoms with Crippen molar-refractivity contribution in [3.63, 3.8) is 0 Å². The summed E-state index contributed by atoms with van der Waals surface area (Å²) in [5.41, 5.74) is 1.44. The molecule has 2 aromatic carbocycles. The third-order valence-corrected chi connectivity index (χ3v) is 3.74. The second kappa shape index (κ2) is 6.24. The Balaban J connectivity index is 2.26. The minimum Gasteiger partial charge on any atom is -0.321 e. The number of nitrogens with one attached hydrogen (secondary N) is 1. The van der Waals surface area contributed by atoms with Crippen LogP contribution in [0.5, 0.6) is 0 Å². The van der Waals surface area contributed by atoms with E-state index in [4.69, 9.17) is 11.6 Å². The molecule has 0 spiro atoms. The molecule has 2 rings (SSSR count). The van der Waals surface area contributed by atoms with Gasteiger partial charge in [0.25, 0.3) is 11.6 Å². The van der Waals surface area contributed by atoms with Crippen molar-refractivity contribution in [3.8, 4) is 0 Å². The number of benzene rings is 2. The highest BCUT2D eigenvalue weighted by Crippen LogP contribution is 2.27. The van der Waals surface area contributed by atoms with Crippen LogP contribution in [0.1, 0.15) is 15.9 Å². The molecule has 0 unspecified atom stereocenters. The first-order valence-electron chi connectivity index (χ1n) is 5.90. The van der Waals surface area contributed by atoms with Gasteiger partial charge in [-0.2, -0.15) is 0 Å². The van der Waals surface area contributed by atoms with Crippen LogP contribution in [-0.2, 0) is 0 Å². The molecule has 108 valence electrons. The van der Waals surface area contributed by atoms with Crippen molar-refractivity contribution in [1.82, 2.24) is 0 Å². The number of aryl methyl sites for hydroxylation is 1. The highest BCUT2D eigenvalue weighted by molar-refractivity contribution is 9.10. The number of nitro groups is 1. The lowest BCUT2D eigenvalue weighted by Crippen LogP contribution is -2.13. The van der Waals surface area contributed by atoms with E-state index < -0.39 is 4.92 Å². The van der Waals surface area contributed by atoms with Crippen LogP contribution in [-0.4, -0.2) is 10.8 Å². The number of non-ortho nitro benzene ring substituents is 1. The standard InChI is InChI=1S/C14H10BrClN2O3/c1-8-6-10(18(20)21)3-4-11(8)14(19)17-13-5-2-9(16)7-12(13)15/h2-7H,1H3,(H,17,19). The Morgan fingerprint density at radius 3 is 2.57 bits per heavy atom. The SMILES string of the molecule is Cc1cc([N+](=O)[O-])ccc1C(=O)Nc1ccc(Cl)cc1Br. The molecule has 0 fully saturated rings. The van der Waals surface area contributed by atoms with E-state index in [1.165, 1.54) is 18.2 Å². The van der Waals surface area contributed by atoms with Crippen LogP contribution in [0.3, 0.4) is 0 Å². The van der Waals surface area contributed by atoms with Crippen molar-refractivity contribution < 1.29 is 9.72 Å². The monoisotopic (exact) mass is 368 g/mol. The van der Waals surface area contributed by atoms with Gasteiger partial charge in [0.1, 0.15) is 0 Å². The Bertz CT molecular complexity index is 734. The fraction of sp³-hybridized carbons (Fsp3) is 0.0714. The maximum atomic E-state index is 12.2. The Labute approximate surface area is 134 Å². The molecule has 0 aliphatic heterocycles. The van der Waals surface area contributed by atoms with Gasteiger partial charge in [0.2, 0.25) is 0 Å². The number of amides is 1. The topological polar surface area (TPSA) is 72.2 Å². The highest BCUT2D eigenvalue weighted by atomic mass is 79.9. The maximum Gasteiger partial charge on any atom is 0.269 e. The summed E-state index contributed by atoms with van der Waals surface area (Å²) in [7, 11) is 0. The molecule has 0 aliphatic carbocycles. The molecule has 0 radical (unpaired) electrons. The molecule has 0 aromatic heterocycles. The van der Waals surface area contributed by atoms with E-state index in [0.717, 1.165) is 0 Å². The van der Waals surface area contributed by atoms with Crippen molar-refractivity contribution in [3.05, 3.63) is 67.1 Å². The molecule has 0 bridgehead atoms. The van der Waals surface area contributed by atoms with Crippen molar-refractivity contribution >= 4 is 44.8 Å². The van der Waals surface area contributed by atoms with Gasteiger partial charge < -0.3 is 5.32 Å². The van der Waals surface area contributed by atoms with Crippen LogP contribution >= 0.6 is 27.5 Å². The lowest BCUT2D eigenvalue weighted by molar-refractivity contribution is -0.384. The zero-order valence-corrected chi connectivity index (χ0v) is 13.2. The van der Waals surface area contributed by atoms with Gasteiger partial charge in [-0.3, -0.25) is 14.9 Å². The molecule has 1 amide bonds. The van der Waals surface area contributed by atoms with E-state index in [9.17, 15) is 14.9 Å². The normalized spacial score (nSPS) is 10.2. The van der Waals surface area contributed by atoms with Crippen LogP contribution < -0.4 is 5.32 Å². The molecule has 1 N–H and O–H groups in total. The number of rotatable bonds is 3. The summed E-state index contributed by atoms with van der Waals surface area (Å²) >= 11 is 9.15. The summed E-state index contributed by atoms with van der Waals surface area (Å²) in [5.74, 6) is -0.342. The molecule has 0 saturated carbocycles. The third kappa shape index (κ3) is 3.59. The number of carbonyl (C=O) groups excluding carboxylic acids is 1. The Morgan fingerprint density at radius 1 is 1.29 bits per heavy atom. The fourth-order valence-electron chi connectivity index (χ4n) is 1.80. The van der Waals surface area contributed by atoms with E-state index in [2.05, 4.69) is 21.2 Å². The molecular weight excluding hydrogens is 360 g/mol. The summed E-state index contributed by atoms with van der Waals surface area (Å²) < 4.78 is 0.655. The minimum atomic E-state index is -0.496. The molecule has 21 heavy (non-hydrogen) atoms. The van der Waals surface area contributed by atoms with E-state index in [-0.39, 0.29) is 11.6 Å². The third-order valence-electron chi connectivity index (χ3n) is 2.84. The van der Waals surface area contributed by atoms with Gasteiger partial charge in [0.05, 0.1) is 10.6 Å². The molecule has 0 atom stereocenters. The van der Waals surface area contributed by atoms with Gasteiger partial charge in [0.15, 0.2) is 0 Å². The van der Waals surface area contributed by atoms with Crippen LogP contribution in [0, 0.1) is 17.0 Å². The summed E-state index contributed by atoms with van der Waals surface area (Å²) in [6.07, 6.45) is 0. The summed E-state index contributed by atoms with van der Waals surface area (Å²) in [4.78, 5) is 22.4. The Hall–Kier alpha value is -1.92. The van der Waals surface area contributed by atoms with Crippen molar-refractivity contribution in [1.29, 1.82) is 0 Å². The summed E-state index contributed by atoms with van der Waals surface area (Å²) in [6, 6.07) is 9.10. The molecule has 7 heteroatoms. The van der Waals surface area contributed by atoms with Crippen molar-refractivity contribution in [2.45, 2.75) is 6.92 Å². The van der Waals surface area contributed by atoms with Gasteiger partial charge in [-0.25, -0.2) is 0 Å². The minimum absolute atomic E-state index is 0.0447. The lowest BCUT2D eigenvalue weighted by atomic mass is 10.1. The number of halogens is 2. The average Bonchev–Trinajstić information content (AvgIpc) is 2.41. The summed E-state index contributed by atoms with van der Waals surface area (Å²) in [5, 5.41) is 14.0. The second-order valence-electron chi connectivity index (χ2n) is 4.33. The van der Waals surface area contributed by atoms with Crippen LogP contribution in [0.25, 0.3) is 0 Å². The number of anilines is 1. The fourth-order valence-corrected chi connectivity index (χ4v) is 2.58. The van der Waals surface area contributed by atoms with Gasteiger partial charge >= 0.3 is 0 Å². The lowest BCUT2D eigenvalue weighted by Gasteiger charge is -2.09.